The molecule has 11 heteroatoms. The van der Waals surface area contributed by atoms with Gasteiger partial charge in [0.1, 0.15) is 0 Å². The van der Waals surface area contributed by atoms with Gasteiger partial charge in [-0.25, -0.2) is 0 Å². The molecule has 0 aromatic rings. The standard InChI is InChI=1S/C20H54N6O2Si3/c1-18(9-21,10-22)15-29(4,5)27-31(8,17-20(3,13-25)14-26)28-30(6,7)16-19(2,11-23)12-24/h9-17,21-26H2,1-8H3. The van der Waals surface area contributed by atoms with Crippen molar-refractivity contribution in [2.45, 2.75) is 71.6 Å². The Hall–Kier alpha value is 0.331. The van der Waals surface area contributed by atoms with Crippen molar-refractivity contribution in [2.24, 2.45) is 50.6 Å². The zero-order chi connectivity index (χ0) is 24.8. The zero-order valence-corrected chi connectivity index (χ0v) is 24.6. The van der Waals surface area contributed by atoms with Crippen molar-refractivity contribution in [1.82, 2.24) is 0 Å². The van der Waals surface area contributed by atoms with E-state index >= 15 is 0 Å². The highest BCUT2D eigenvalue weighted by atomic mass is 28.5. The third-order valence-electron chi connectivity index (χ3n) is 6.39. The van der Waals surface area contributed by atoms with Crippen LogP contribution < -0.4 is 34.4 Å². The Morgan fingerprint density at radius 3 is 0.935 bits per heavy atom. The second-order valence-electron chi connectivity index (χ2n) is 12.0. The molecular weight excluding hydrogens is 441 g/mol. The fraction of sp³-hybridized carbons (Fsp3) is 1.00. The molecule has 0 saturated carbocycles. The first-order valence-electron chi connectivity index (χ1n) is 11.5. The summed E-state index contributed by atoms with van der Waals surface area (Å²) in [4.78, 5) is 0. The van der Waals surface area contributed by atoms with Crippen LogP contribution in [0, 0.1) is 16.2 Å². The molecule has 0 aromatic carbocycles. The van der Waals surface area contributed by atoms with Crippen LogP contribution in [-0.4, -0.2) is 64.5 Å². The molecule has 0 aromatic heterocycles. The monoisotopic (exact) mass is 494 g/mol. The third-order valence-corrected chi connectivity index (χ3v) is 19.2. The summed E-state index contributed by atoms with van der Waals surface area (Å²) in [5.41, 5.74) is 36.0. The largest absolute Gasteiger partial charge is 0.436 e. The van der Waals surface area contributed by atoms with Gasteiger partial charge < -0.3 is 42.6 Å². The van der Waals surface area contributed by atoms with Gasteiger partial charge in [0.2, 0.25) is 0 Å². The lowest BCUT2D eigenvalue weighted by molar-refractivity contribution is 0.294. The second-order valence-corrected chi connectivity index (χ2v) is 24.0. The summed E-state index contributed by atoms with van der Waals surface area (Å²) in [7, 11) is -6.94. The normalized spacial score (nSPS) is 14.9. The maximum Gasteiger partial charge on any atom is 0.315 e. The predicted octanol–water partition coefficient (Wildman–Crippen LogP) is 1.27. The van der Waals surface area contributed by atoms with Gasteiger partial charge in [0, 0.05) is 0 Å². The molecule has 0 radical (unpaired) electrons. The van der Waals surface area contributed by atoms with Gasteiger partial charge in [-0.3, -0.25) is 0 Å². The average Bonchev–Trinajstić information content (AvgIpc) is 2.65. The van der Waals surface area contributed by atoms with E-state index in [1.54, 1.807) is 0 Å². The second kappa shape index (κ2) is 11.6. The van der Waals surface area contributed by atoms with Crippen LogP contribution >= 0.6 is 0 Å². The Kier molecular flexibility index (Phi) is 11.8. The lowest BCUT2D eigenvalue weighted by atomic mass is 9.94. The van der Waals surface area contributed by atoms with Gasteiger partial charge in [-0.05, 0) is 106 Å². The van der Waals surface area contributed by atoms with E-state index in [1.807, 2.05) is 0 Å². The van der Waals surface area contributed by atoms with Gasteiger partial charge >= 0.3 is 8.56 Å². The Morgan fingerprint density at radius 2 is 0.710 bits per heavy atom. The quantitative estimate of drug-likeness (QED) is 0.174. The molecule has 0 rings (SSSR count). The summed E-state index contributed by atoms with van der Waals surface area (Å²) in [6.45, 7) is 20.7. The van der Waals surface area contributed by atoms with Gasteiger partial charge in [0.25, 0.3) is 0 Å². The molecule has 0 amide bonds. The molecule has 188 valence electrons. The summed E-state index contributed by atoms with van der Waals surface area (Å²) >= 11 is 0. The van der Waals surface area contributed by atoms with Crippen molar-refractivity contribution in [3.63, 3.8) is 0 Å². The number of hydrogen-bond acceptors (Lipinski definition) is 8. The minimum Gasteiger partial charge on any atom is -0.436 e. The van der Waals surface area contributed by atoms with Crippen LogP contribution in [0.2, 0.25) is 50.9 Å². The van der Waals surface area contributed by atoms with Gasteiger partial charge in [0.15, 0.2) is 16.6 Å². The highest BCUT2D eigenvalue weighted by Crippen LogP contribution is 2.38. The lowest BCUT2D eigenvalue weighted by Crippen LogP contribution is -2.59. The van der Waals surface area contributed by atoms with E-state index < -0.39 is 25.2 Å². The van der Waals surface area contributed by atoms with E-state index in [9.17, 15) is 0 Å². The van der Waals surface area contributed by atoms with E-state index in [0.717, 1.165) is 18.1 Å². The van der Waals surface area contributed by atoms with E-state index in [4.69, 9.17) is 42.6 Å². The van der Waals surface area contributed by atoms with Crippen molar-refractivity contribution in [1.29, 1.82) is 0 Å². The van der Waals surface area contributed by atoms with Crippen molar-refractivity contribution >= 4 is 25.2 Å². The lowest BCUT2D eigenvalue weighted by Gasteiger charge is -2.47. The fourth-order valence-electron chi connectivity index (χ4n) is 4.85. The molecule has 31 heavy (non-hydrogen) atoms. The number of hydrogen-bond donors (Lipinski definition) is 6. The Bertz CT molecular complexity index is 505. The molecule has 0 saturated heterocycles. The minimum absolute atomic E-state index is 0.138. The Labute approximate surface area is 195 Å². The third kappa shape index (κ3) is 10.4. The van der Waals surface area contributed by atoms with E-state index in [-0.39, 0.29) is 16.2 Å². The number of nitrogens with two attached hydrogens (primary N) is 6. The SMILES string of the molecule is CC(CN)(CN)C[Si](C)(C)O[Si](C)(CC(C)(CN)CN)O[Si](C)(C)CC(C)(CN)CN. The summed E-state index contributed by atoms with van der Waals surface area (Å²) in [6, 6.07) is 2.52. The van der Waals surface area contributed by atoms with Gasteiger partial charge in [-0.15, -0.1) is 0 Å². The van der Waals surface area contributed by atoms with Crippen LogP contribution in [0.5, 0.6) is 0 Å². The average molecular weight is 495 g/mol. The Balaban J connectivity index is 5.97. The summed E-state index contributed by atoms with van der Waals surface area (Å²) in [5, 5.41) is 0. The number of rotatable bonds is 16. The molecule has 0 aliphatic heterocycles. The van der Waals surface area contributed by atoms with E-state index in [1.165, 1.54) is 0 Å². The highest BCUT2D eigenvalue weighted by molar-refractivity contribution is 6.88. The van der Waals surface area contributed by atoms with Crippen molar-refractivity contribution in [2.75, 3.05) is 39.3 Å². The molecule has 12 N–H and O–H groups in total. The fourth-order valence-corrected chi connectivity index (χ4v) is 22.4. The maximum atomic E-state index is 7.05. The topological polar surface area (TPSA) is 175 Å². The first kappa shape index (κ1) is 31.3. The molecule has 0 unspecified atom stereocenters. The summed E-state index contributed by atoms with van der Waals surface area (Å²) in [6.07, 6.45) is 0. The zero-order valence-electron chi connectivity index (χ0n) is 21.6. The molecule has 0 fully saturated rings. The molecule has 0 spiro atoms. The molecule has 0 aliphatic carbocycles. The predicted molar refractivity (Wildman–Crippen MR) is 142 cm³/mol. The van der Waals surface area contributed by atoms with Crippen LogP contribution in [0.25, 0.3) is 0 Å². The van der Waals surface area contributed by atoms with Crippen LogP contribution in [0.3, 0.4) is 0 Å². The smallest absolute Gasteiger partial charge is 0.315 e. The van der Waals surface area contributed by atoms with E-state index in [0.29, 0.717) is 39.3 Å². The van der Waals surface area contributed by atoms with Crippen molar-refractivity contribution in [3.8, 4) is 0 Å². The minimum atomic E-state index is -2.65. The molecule has 0 aliphatic rings. The van der Waals surface area contributed by atoms with Gasteiger partial charge in [-0.2, -0.15) is 0 Å². The first-order valence-corrected chi connectivity index (χ1v) is 20.3. The van der Waals surface area contributed by atoms with E-state index in [2.05, 4.69) is 53.5 Å². The van der Waals surface area contributed by atoms with Crippen molar-refractivity contribution < 1.29 is 8.23 Å². The van der Waals surface area contributed by atoms with Crippen LogP contribution in [0.1, 0.15) is 20.8 Å². The van der Waals surface area contributed by atoms with Crippen LogP contribution in [-0.2, 0) is 8.23 Å². The highest BCUT2D eigenvalue weighted by Gasteiger charge is 2.49. The first-order chi connectivity index (χ1) is 13.9. The maximum absolute atomic E-state index is 7.05. The van der Waals surface area contributed by atoms with Crippen LogP contribution in [0.4, 0.5) is 0 Å². The van der Waals surface area contributed by atoms with Gasteiger partial charge in [0.05, 0.1) is 0 Å². The summed E-state index contributed by atoms with van der Waals surface area (Å²) in [5.74, 6) is 0. The van der Waals surface area contributed by atoms with Crippen molar-refractivity contribution in [3.05, 3.63) is 0 Å². The summed E-state index contributed by atoms with van der Waals surface area (Å²) < 4.78 is 14.1. The molecule has 0 bridgehead atoms. The van der Waals surface area contributed by atoms with Gasteiger partial charge in [-0.1, -0.05) is 20.8 Å². The molecular formula is C20H54N6O2Si3. The molecule has 0 heterocycles. The molecule has 8 nitrogen and oxygen atoms in total. The Morgan fingerprint density at radius 1 is 0.484 bits per heavy atom. The van der Waals surface area contributed by atoms with Crippen LogP contribution in [0.15, 0.2) is 0 Å². The molecule has 0 atom stereocenters.